The predicted molar refractivity (Wildman–Crippen MR) is 64.9 cm³/mol. The fourth-order valence-electron chi connectivity index (χ4n) is 1.11. The number of anilines is 2. The summed E-state index contributed by atoms with van der Waals surface area (Å²) >= 11 is 0. The molecule has 0 bridgehead atoms. The second kappa shape index (κ2) is 6.70. The number of aromatic nitrogens is 1. The van der Waals surface area contributed by atoms with E-state index in [2.05, 4.69) is 10.3 Å². The maximum atomic E-state index is 11.1. The first-order valence-corrected chi connectivity index (χ1v) is 5.34. The number of hydrogen-bond donors (Lipinski definition) is 2. The number of rotatable bonds is 6. The number of nitrogens with zero attached hydrogens (tertiary/aromatic N) is 1. The maximum Gasteiger partial charge on any atom is 0.225 e. The minimum Gasteiger partial charge on any atom is -0.487 e. The summed E-state index contributed by atoms with van der Waals surface area (Å²) in [4.78, 5) is 15.2. The molecule has 1 heterocycles. The lowest BCUT2D eigenvalue weighted by molar-refractivity contribution is -0.115. The Hall–Kier alpha value is -1.82. The quantitative estimate of drug-likeness (QED) is 0.724. The smallest absolute Gasteiger partial charge is 0.225 e. The summed E-state index contributed by atoms with van der Waals surface area (Å²) in [5, 5.41) is 2.62. The van der Waals surface area contributed by atoms with Crippen LogP contribution >= 0.6 is 0 Å². The second-order valence-corrected chi connectivity index (χ2v) is 3.35. The van der Waals surface area contributed by atoms with Gasteiger partial charge in [-0.1, -0.05) is 6.92 Å². The third-order valence-electron chi connectivity index (χ3n) is 2.03. The number of ether oxygens (including phenoxy) is 2. The van der Waals surface area contributed by atoms with Crippen molar-refractivity contribution in [3.63, 3.8) is 0 Å². The van der Waals surface area contributed by atoms with E-state index in [0.29, 0.717) is 36.9 Å². The van der Waals surface area contributed by atoms with Crippen molar-refractivity contribution < 1.29 is 14.3 Å². The number of amides is 1. The van der Waals surface area contributed by atoms with Crippen LogP contribution in [0.15, 0.2) is 12.3 Å². The first-order chi connectivity index (χ1) is 8.17. The van der Waals surface area contributed by atoms with E-state index in [-0.39, 0.29) is 5.91 Å². The summed E-state index contributed by atoms with van der Waals surface area (Å²) in [5.74, 6) is 0.801. The molecule has 17 heavy (non-hydrogen) atoms. The molecule has 0 saturated heterocycles. The van der Waals surface area contributed by atoms with Crippen molar-refractivity contribution >= 4 is 17.4 Å². The van der Waals surface area contributed by atoms with Gasteiger partial charge in [0.15, 0.2) is 5.75 Å². The minimum absolute atomic E-state index is 0.107. The van der Waals surface area contributed by atoms with Gasteiger partial charge in [-0.3, -0.25) is 4.79 Å². The van der Waals surface area contributed by atoms with Crippen molar-refractivity contribution in [2.75, 3.05) is 31.4 Å². The molecule has 3 N–H and O–H groups in total. The zero-order chi connectivity index (χ0) is 12.7. The van der Waals surface area contributed by atoms with Gasteiger partial charge in [0, 0.05) is 19.6 Å². The first kappa shape index (κ1) is 13.2. The Balaban J connectivity index is 2.62. The molecule has 0 aliphatic rings. The third-order valence-corrected chi connectivity index (χ3v) is 2.03. The van der Waals surface area contributed by atoms with E-state index in [4.69, 9.17) is 15.2 Å². The Morgan fingerprint density at radius 3 is 2.88 bits per heavy atom. The number of pyridine rings is 1. The zero-order valence-electron chi connectivity index (χ0n) is 10.0. The van der Waals surface area contributed by atoms with Crippen LogP contribution in [0.3, 0.4) is 0 Å². The molecule has 0 radical (unpaired) electrons. The number of hydrogen-bond acceptors (Lipinski definition) is 5. The number of methoxy groups -OCH3 is 1. The number of carbonyl (C=O) groups is 1. The number of nitrogens with two attached hydrogens (primary N) is 1. The van der Waals surface area contributed by atoms with Gasteiger partial charge in [-0.15, -0.1) is 0 Å². The van der Waals surface area contributed by atoms with Crippen molar-refractivity contribution in [1.29, 1.82) is 0 Å². The molecular formula is C11H17N3O3. The van der Waals surface area contributed by atoms with Crippen molar-refractivity contribution in [2.24, 2.45) is 0 Å². The van der Waals surface area contributed by atoms with Crippen LogP contribution in [0.2, 0.25) is 0 Å². The Morgan fingerprint density at radius 2 is 2.29 bits per heavy atom. The fraction of sp³-hybridized carbons (Fsp3) is 0.455. The van der Waals surface area contributed by atoms with E-state index in [9.17, 15) is 4.79 Å². The average Bonchev–Trinajstić information content (AvgIpc) is 2.32. The Labute approximate surface area is 100 Å². The second-order valence-electron chi connectivity index (χ2n) is 3.35. The molecule has 0 unspecified atom stereocenters. The zero-order valence-corrected chi connectivity index (χ0v) is 10.0. The number of carbonyl (C=O) groups excluding carboxylic acids is 1. The largest absolute Gasteiger partial charge is 0.487 e. The van der Waals surface area contributed by atoms with E-state index in [1.54, 1.807) is 20.1 Å². The standard InChI is InChI=1S/C11H17N3O3/c1-3-11(15)14-10-6-8(12)9(7-13-10)17-5-4-16-2/h6-7H,3-5H2,1-2H3,(H3,12,13,14,15). The van der Waals surface area contributed by atoms with Gasteiger partial charge in [-0.2, -0.15) is 0 Å². The van der Waals surface area contributed by atoms with Crippen LogP contribution in [0.1, 0.15) is 13.3 Å². The SMILES string of the molecule is CCC(=O)Nc1cc(N)c(OCCOC)cn1. The molecule has 0 saturated carbocycles. The maximum absolute atomic E-state index is 11.1. The Bertz CT molecular complexity index is 382. The lowest BCUT2D eigenvalue weighted by atomic mass is 10.3. The normalized spacial score (nSPS) is 10.0. The molecule has 0 fully saturated rings. The van der Waals surface area contributed by atoms with Crippen molar-refractivity contribution in [3.8, 4) is 5.75 Å². The van der Waals surface area contributed by atoms with Crippen LogP contribution in [0.4, 0.5) is 11.5 Å². The van der Waals surface area contributed by atoms with Crippen molar-refractivity contribution in [3.05, 3.63) is 12.3 Å². The average molecular weight is 239 g/mol. The molecule has 1 amide bonds. The van der Waals surface area contributed by atoms with Crippen molar-refractivity contribution in [1.82, 2.24) is 4.98 Å². The van der Waals surface area contributed by atoms with Crippen LogP contribution in [0.5, 0.6) is 5.75 Å². The number of nitrogens with one attached hydrogen (secondary N) is 1. The van der Waals surface area contributed by atoms with Crippen LogP contribution < -0.4 is 15.8 Å². The monoisotopic (exact) mass is 239 g/mol. The highest BCUT2D eigenvalue weighted by Gasteiger charge is 2.05. The summed E-state index contributed by atoms with van der Waals surface area (Å²) in [6.07, 6.45) is 1.88. The topological polar surface area (TPSA) is 86.5 Å². The minimum atomic E-state index is -0.107. The molecule has 0 aliphatic carbocycles. The van der Waals surface area contributed by atoms with Crippen LogP contribution in [-0.4, -0.2) is 31.2 Å². The van der Waals surface area contributed by atoms with E-state index >= 15 is 0 Å². The van der Waals surface area contributed by atoms with Gasteiger partial charge in [0.1, 0.15) is 12.4 Å². The lowest BCUT2D eigenvalue weighted by Gasteiger charge is -2.09. The van der Waals surface area contributed by atoms with Gasteiger partial charge in [0.05, 0.1) is 18.5 Å². The van der Waals surface area contributed by atoms with Gasteiger partial charge < -0.3 is 20.5 Å². The highest BCUT2D eigenvalue weighted by atomic mass is 16.5. The predicted octanol–water partition coefficient (Wildman–Crippen LogP) is 1.04. The third kappa shape index (κ3) is 4.28. The van der Waals surface area contributed by atoms with Gasteiger partial charge in [0.25, 0.3) is 0 Å². The molecule has 6 heteroatoms. The van der Waals surface area contributed by atoms with E-state index in [0.717, 1.165) is 0 Å². The summed E-state index contributed by atoms with van der Waals surface area (Å²) in [6, 6.07) is 1.57. The Morgan fingerprint density at radius 1 is 1.53 bits per heavy atom. The lowest BCUT2D eigenvalue weighted by Crippen LogP contribution is -2.12. The highest BCUT2D eigenvalue weighted by molar-refractivity contribution is 5.90. The molecule has 0 atom stereocenters. The molecule has 0 aromatic carbocycles. The van der Waals surface area contributed by atoms with Gasteiger partial charge in [0.2, 0.25) is 5.91 Å². The number of nitrogen functional groups attached to an aromatic ring is 1. The Kier molecular flexibility index (Phi) is 5.22. The summed E-state index contributed by atoms with van der Waals surface area (Å²) in [7, 11) is 1.59. The summed E-state index contributed by atoms with van der Waals surface area (Å²) in [6.45, 7) is 2.65. The van der Waals surface area contributed by atoms with Gasteiger partial charge in [-0.05, 0) is 0 Å². The van der Waals surface area contributed by atoms with Crippen LogP contribution in [0, 0.1) is 0 Å². The molecule has 1 aromatic heterocycles. The van der Waals surface area contributed by atoms with Gasteiger partial charge in [-0.25, -0.2) is 4.98 Å². The molecule has 94 valence electrons. The van der Waals surface area contributed by atoms with E-state index in [1.165, 1.54) is 6.20 Å². The molecule has 0 aliphatic heterocycles. The van der Waals surface area contributed by atoms with E-state index < -0.39 is 0 Å². The highest BCUT2D eigenvalue weighted by Crippen LogP contribution is 2.22. The molecule has 6 nitrogen and oxygen atoms in total. The molecular weight excluding hydrogens is 222 g/mol. The van der Waals surface area contributed by atoms with Gasteiger partial charge >= 0.3 is 0 Å². The summed E-state index contributed by atoms with van der Waals surface area (Å²) < 4.78 is 10.2. The summed E-state index contributed by atoms with van der Waals surface area (Å²) in [5.41, 5.74) is 6.20. The van der Waals surface area contributed by atoms with Crippen LogP contribution in [-0.2, 0) is 9.53 Å². The molecule has 1 rings (SSSR count). The van der Waals surface area contributed by atoms with E-state index in [1.807, 2.05) is 0 Å². The fourth-order valence-corrected chi connectivity index (χ4v) is 1.11. The van der Waals surface area contributed by atoms with Crippen LogP contribution in [0.25, 0.3) is 0 Å². The molecule has 0 spiro atoms. The molecule has 1 aromatic rings. The first-order valence-electron chi connectivity index (χ1n) is 5.34. The van der Waals surface area contributed by atoms with Crippen molar-refractivity contribution in [2.45, 2.75) is 13.3 Å².